The van der Waals surface area contributed by atoms with Gasteiger partial charge in [-0.25, -0.2) is 0 Å². The first kappa shape index (κ1) is 11.8. The minimum absolute atomic E-state index is 0.0791. The summed E-state index contributed by atoms with van der Waals surface area (Å²) in [6.45, 7) is 0.264. The molecule has 0 radical (unpaired) electrons. The topological polar surface area (TPSA) is 40.5 Å². The summed E-state index contributed by atoms with van der Waals surface area (Å²) in [5.74, 6) is 0. The largest absolute Gasteiger partial charge is 0.396 e. The number of benzene rings is 2. The Bertz CT molecular complexity index is 457. The first-order valence-corrected chi connectivity index (χ1v) is 5.73. The van der Waals surface area contributed by atoms with Gasteiger partial charge >= 0.3 is 0 Å². The molecule has 2 N–H and O–H groups in total. The number of hydrogen-bond acceptors (Lipinski definition) is 2. The van der Waals surface area contributed by atoms with E-state index in [9.17, 15) is 0 Å². The molecule has 0 saturated heterocycles. The van der Waals surface area contributed by atoms with Gasteiger partial charge in [0.25, 0.3) is 0 Å². The zero-order valence-corrected chi connectivity index (χ0v) is 9.63. The predicted octanol–water partition coefficient (Wildman–Crippen LogP) is 2.38. The average molecular weight is 228 g/mol. The molecule has 0 amide bonds. The maximum Gasteiger partial charge on any atom is 0.0681 e. The summed E-state index contributed by atoms with van der Waals surface area (Å²) >= 11 is 0. The fourth-order valence-corrected chi connectivity index (χ4v) is 1.80. The molecule has 0 bridgehead atoms. The highest BCUT2D eigenvalue weighted by Gasteiger charge is 1.98. The third kappa shape index (κ3) is 2.93. The molecular weight excluding hydrogens is 212 g/mol. The van der Waals surface area contributed by atoms with Crippen molar-refractivity contribution >= 4 is 0 Å². The number of rotatable bonds is 4. The Morgan fingerprint density at radius 3 is 1.53 bits per heavy atom. The molecule has 0 saturated carbocycles. The lowest BCUT2D eigenvalue weighted by molar-refractivity contribution is 0.282. The van der Waals surface area contributed by atoms with Gasteiger partial charge in [-0.2, -0.15) is 0 Å². The van der Waals surface area contributed by atoms with Crippen LogP contribution >= 0.6 is 0 Å². The van der Waals surface area contributed by atoms with Gasteiger partial charge in [0.1, 0.15) is 0 Å². The van der Waals surface area contributed by atoms with Gasteiger partial charge in [0.05, 0.1) is 6.61 Å². The summed E-state index contributed by atoms with van der Waals surface area (Å²) < 4.78 is 0. The summed E-state index contributed by atoms with van der Waals surface area (Å²) in [5, 5.41) is 17.8. The Morgan fingerprint density at radius 1 is 0.647 bits per heavy atom. The highest BCUT2D eigenvalue weighted by molar-refractivity contribution is 5.63. The zero-order chi connectivity index (χ0) is 12.1. The smallest absolute Gasteiger partial charge is 0.0681 e. The Balaban J connectivity index is 2.20. The van der Waals surface area contributed by atoms with Gasteiger partial charge in [-0.1, -0.05) is 48.5 Å². The second kappa shape index (κ2) is 5.62. The molecule has 0 unspecified atom stereocenters. The predicted molar refractivity (Wildman–Crippen MR) is 68.6 cm³/mol. The Labute approximate surface area is 101 Å². The average Bonchev–Trinajstić information content (AvgIpc) is 2.40. The lowest BCUT2D eigenvalue weighted by Crippen LogP contribution is -1.90. The first-order chi connectivity index (χ1) is 8.33. The summed E-state index contributed by atoms with van der Waals surface area (Å²) in [6.07, 6.45) is 0.698. The van der Waals surface area contributed by atoms with Crippen LogP contribution < -0.4 is 0 Å². The van der Waals surface area contributed by atoms with Crippen molar-refractivity contribution < 1.29 is 10.2 Å². The minimum Gasteiger partial charge on any atom is -0.396 e. The van der Waals surface area contributed by atoms with Gasteiger partial charge in [-0.05, 0) is 28.7 Å². The molecule has 0 spiro atoms. The Morgan fingerprint density at radius 2 is 1.12 bits per heavy atom. The minimum atomic E-state index is 0.0791. The summed E-state index contributed by atoms with van der Waals surface area (Å²) in [7, 11) is 0. The Hall–Kier alpha value is -1.64. The fourth-order valence-electron chi connectivity index (χ4n) is 1.80. The lowest BCUT2D eigenvalue weighted by Gasteiger charge is -2.04. The van der Waals surface area contributed by atoms with Crippen LogP contribution in [0.3, 0.4) is 0 Å². The molecule has 88 valence electrons. The Kier molecular flexibility index (Phi) is 3.91. The molecule has 2 aromatic carbocycles. The second-order valence-electron chi connectivity index (χ2n) is 4.03. The molecular formula is C15H16O2. The van der Waals surface area contributed by atoms with Crippen LogP contribution in [-0.2, 0) is 13.0 Å². The van der Waals surface area contributed by atoms with Crippen LogP contribution in [0.25, 0.3) is 11.1 Å². The van der Waals surface area contributed by atoms with Gasteiger partial charge in [0, 0.05) is 6.61 Å². The molecule has 0 fully saturated rings. The van der Waals surface area contributed by atoms with Crippen molar-refractivity contribution in [2.24, 2.45) is 0 Å². The molecule has 0 aliphatic carbocycles. The third-order valence-corrected chi connectivity index (χ3v) is 2.82. The van der Waals surface area contributed by atoms with Crippen LogP contribution in [0.1, 0.15) is 11.1 Å². The maximum absolute atomic E-state index is 8.97. The molecule has 17 heavy (non-hydrogen) atoms. The monoisotopic (exact) mass is 228 g/mol. The van der Waals surface area contributed by atoms with E-state index in [1.165, 1.54) is 0 Å². The number of aliphatic hydroxyl groups is 2. The highest BCUT2D eigenvalue weighted by Crippen LogP contribution is 2.20. The number of hydrogen-bond donors (Lipinski definition) is 2. The molecule has 0 heterocycles. The van der Waals surface area contributed by atoms with Crippen molar-refractivity contribution in [3.05, 3.63) is 59.7 Å². The summed E-state index contributed by atoms with van der Waals surface area (Å²) in [4.78, 5) is 0. The quantitative estimate of drug-likeness (QED) is 0.843. The first-order valence-electron chi connectivity index (χ1n) is 5.73. The van der Waals surface area contributed by atoms with E-state index in [2.05, 4.69) is 12.1 Å². The van der Waals surface area contributed by atoms with Gasteiger partial charge in [0.2, 0.25) is 0 Å². The van der Waals surface area contributed by atoms with Crippen LogP contribution in [-0.4, -0.2) is 16.8 Å². The van der Waals surface area contributed by atoms with Crippen molar-refractivity contribution in [1.82, 2.24) is 0 Å². The van der Waals surface area contributed by atoms with E-state index in [1.807, 2.05) is 36.4 Å². The van der Waals surface area contributed by atoms with Gasteiger partial charge in [-0.15, -0.1) is 0 Å². The second-order valence-corrected chi connectivity index (χ2v) is 4.03. The molecule has 2 rings (SSSR count). The van der Waals surface area contributed by atoms with Crippen molar-refractivity contribution in [1.29, 1.82) is 0 Å². The molecule has 2 nitrogen and oxygen atoms in total. The van der Waals surface area contributed by atoms with E-state index in [-0.39, 0.29) is 13.2 Å². The number of aliphatic hydroxyl groups excluding tert-OH is 2. The van der Waals surface area contributed by atoms with Crippen LogP contribution in [0.2, 0.25) is 0 Å². The van der Waals surface area contributed by atoms with Crippen LogP contribution in [0.4, 0.5) is 0 Å². The van der Waals surface area contributed by atoms with Crippen LogP contribution in [0.5, 0.6) is 0 Å². The molecule has 0 aromatic heterocycles. The van der Waals surface area contributed by atoms with Crippen molar-refractivity contribution in [2.45, 2.75) is 13.0 Å². The van der Waals surface area contributed by atoms with Crippen LogP contribution in [0, 0.1) is 0 Å². The van der Waals surface area contributed by atoms with E-state index in [4.69, 9.17) is 10.2 Å². The van der Waals surface area contributed by atoms with E-state index in [0.29, 0.717) is 6.42 Å². The SMILES string of the molecule is OCCc1ccc(-c2ccc(CO)cc2)cc1. The molecule has 2 aromatic rings. The van der Waals surface area contributed by atoms with E-state index in [1.54, 1.807) is 0 Å². The highest BCUT2D eigenvalue weighted by atomic mass is 16.3. The van der Waals surface area contributed by atoms with Gasteiger partial charge in [-0.3, -0.25) is 0 Å². The standard InChI is InChI=1S/C15H16O2/c16-10-9-12-1-5-14(6-2-12)15-7-3-13(11-17)4-8-15/h1-8,16-17H,9-11H2. The molecule has 2 heteroatoms. The fraction of sp³-hybridized carbons (Fsp3) is 0.200. The van der Waals surface area contributed by atoms with Gasteiger partial charge in [0.15, 0.2) is 0 Å². The lowest BCUT2D eigenvalue weighted by atomic mass is 10.0. The van der Waals surface area contributed by atoms with Crippen molar-refractivity contribution in [3.8, 4) is 11.1 Å². The van der Waals surface area contributed by atoms with Crippen molar-refractivity contribution in [3.63, 3.8) is 0 Å². The summed E-state index contributed by atoms with van der Waals surface area (Å²) in [5.41, 5.74) is 4.35. The molecule has 0 atom stereocenters. The summed E-state index contributed by atoms with van der Waals surface area (Å²) in [6, 6.07) is 16.0. The van der Waals surface area contributed by atoms with Gasteiger partial charge < -0.3 is 10.2 Å². The van der Waals surface area contributed by atoms with E-state index < -0.39 is 0 Å². The van der Waals surface area contributed by atoms with E-state index in [0.717, 1.165) is 22.3 Å². The third-order valence-electron chi connectivity index (χ3n) is 2.82. The van der Waals surface area contributed by atoms with Crippen LogP contribution in [0.15, 0.2) is 48.5 Å². The zero-order valence-electron chi connectivity index (χ0n) is 9.63. The normalized spacial score (nSPS) is 10.5. The molecule has 0 aliphatic heterocycles. The maximum atomic E-state index is 8.97. The van der Waals surface area contributed by atoms with E-state index >= 15 is 0 Å². The molecule has 0 aliphatic rings. The van der Waals surface area contributed by atoms with Crippen molar-refractivity contribution in [2.75, 3.05) is 6.61 Å².